The number of likely N-dealkylation sites (N-methyl/N-ethyl adjacent to an activating group) is 1. The Balaban J connectivity index is 4.49. The van der Waals surface area contributed by atoms with E-state index >= 15 is 0 Å². The van der Waals surface area contributed by atoms with Crippen LogP contribution >= 0.6 is 7.82 Å². The summed E-state index contributed by atoms with van der Waals surface area (Å²) < 4.78 is 33.8. The average Bonchev–Trinajstić information content (AvgIpc) is 3.14. The minimum atomic E-state index is -4.66. The average molecular weight is 818 g/mol. The van der Waals surface area contributed by atoms with Gasteiger partial charge in [0.05, 0.1) is 40.0 Å². The molecule has 0 spiro atoms. The van der Waals surface area contributed by atoms with E-state index in [4.69, 9.17) is 18.5 Å². The molecular formula is C44H84NO10P. The molecule has 56 heavy (non-hydrogen) atoms. The molecule has 12 heteroatoms. The van der Waals surface area contributed by atoms with Crippen LogP contribution in [0.1, 0.15) is 181 Å². The zero-order valence-corrected chi connectivity index (χ0v) is 37.2. The van der Waals surface area contributed by atoms with Crippen LogP contribution in [0.5, 0.6) is 0 Å². The summed E-state index contributed by atoms with van der Waals surface area (Å²) >= 11 is 0. The number of aliphatic hydroxyl groups excluding tert-OH is 2. The Kier molecular flexibility index (Phi) is 35.5. The van der Waals surface area contributed by atoms with Crippen molar-refractivity contribution in [1.82, 2.24) is 0 Å². The normalized spacial score (nSPS) is 14.9. The smallest absolute Gasteiger partial charge is 0.306 e. The van der Waals surface area contributed by atoms with Gasteiger partial charge >= 0.3 is 11.9 Å². The van der Waals surface area contributed by atoms with Crippen molar-refractivity contribution in [3.8, 4) is 0 Å². The van der Waals surface area contributed by atoms with Crippen LogP contribution in [0, 0.1) is 0 Å². The van der Waals surface area contributed by atoms with E-state index in [0.717, 1.165) is 70.6 Å². The topological polar surface area (TPSA) is 152 Å². The number of nitrogens with zero attached hydrogens (tertiary/aromatic N) is 1. The molecule has 0 aromatic heterocycles. The fourth-order valence-electron chi connectivity index (χ4n) is 5.97. The lowest BCUT2D eigenvalue weighted by molar-refractivity contribution is -0.870. The molecule has 0 aromatic rings. The highest BCUT2D eigenvalue weighted by molar-refractivity contribution is 7.45. The second-order valence-electron chi connectivity index (χ2n) is 16.4. The second kappa shape index (κ2) is 36.5. The van der Waals surface area contributed by atoms with E-state index in [1.165, 1.54) is 57.8 Å². The highest BCUT2D eigenvalue weighted by Crippen LogP contribution is 2.38. The first kappa shape index (κ1) is 54.4. The van der Waals surface area contributed by atoms with Gasteiger partial charge < -0.3 is 38.1 Å². The SMILES string of the molecule is CCCCC/C=C\C[C@H](O)[C@@H](O)CCCCCCCC(=O)O[C@H](COC(=O)CCCCCCC/C=C\CCCCCCCC)COP(=O)([O-])OCC[N+](C)(C)C. The minimum absolute atomic E-state index is 0.0598. The molecule has 2 N–H and O–H groups in total. The monoisotopic (exact) mass is 818 g/mol. The lowest BCUT2D eigenvalue weighted by Crippen LogP contribution is -2.37. The third kappa shape index (κ3) is 38.0. The summed E-state index contributed by atoms with van der Waals surface area (Å²) in [5.74, 6) is -0.954. The molecule has 0 aliphatic carbocycles. The number of hydrogen-bond donors (Lipinski definition) is 2. The van der Waals surface area contributed by atoms with Gasteiger partial charge in [0.15, 0.2) is 6.10 Å². The molecule has 0 aliphatic heterocycles. The Morgan fingerprint density at radius 3 is 1.70 bits per heavy atom. The van der Waals surface area contributed by atoms with Crippen LogP contribution in [-0.4, -0.2) is 92.5 Å². The summed E-state index contributed by atoms with van der Waals surface area (Å²) in [6.45, 7) is 3.97. The fourth-order valence-corrected chi connectivity index (χ4v) is 6.69. The maximum atomic E-state index is 12.7. The van der Waals surface area contributed by atoms with Crippen molar-refractivity contribution >= 4 is 19.8 Å². The Morgan fingerprint density at radius 2 is 1.11 bits per heavy atom. The standard InChI is InChI=1S/C44H84NO10P/c1-6-8-10-12-14-15-16-17-18-19-20-21-22-26-30-34-43(48)52-38-40(39-54-56(50,51)53-37-36-45(3,4)5)55-44(49)35-31-27-23-25-29-33-42(47)41(46)32-28-24-13-11-9-7-2/h17-18,24,28,40-42,46-47H,6-16,19-23,25-27,29-39H2,1-5H3/b18-17-,28-24-/t40-,41+,42+/m1/s1. The first-order valence-corrected chi connectivity index (χ1v) is 23.7. The molecule has 4 atom stereocenters. The number of unbranched alkanes of at least 4 members (excludes halogenated alkanes) is 18. The van der Waals surface area contributed by atoms with E-state index in [0.29, 0.717) is 36.7 Å². The molecule has 0 bridgehead atoms. The van der Waals surface area contributed by atoms with Crippen molar-refractivity contribution in [2.45, 2.75) is 199 Å². The quantitative estimate of drug-likeness (QED) is 0.0201. The van der Waals surface area contributed by atoms with Crippen molar-refractivity contribution in [2.24, 2.45) is 0 Å². The fraction of sp³-hybridized carbons (Fsp3) is 0.864. The van der Waals surface area contributed by atoms with E-state index in [2.05, 4.69) is 32.1 Å². The highest BCUT2D eigenvalue weighted by Gasteiger charge is 2.22. The minimum Gasteiger partial charge on any atom is -0.756 e. The number of phosphoric ester groups is 1. The number of carbonyl (C=O) groups excluding carboxylic acids is 2. The van der Waals surface area contributed by atoms with Crippen LogP contribution in [0.2, 0.25) is 0 Å². The molecule has 0 aliphatic rings. The first-order chi connectivity index (χ1) is 26.8. The van der Waals surface area contributed by atoms with Gasteiger partial charge in [-0.2, -0.15) is 0 Å². The van der Waals surface area contributed by atoms with Crippen LogP contribution in [0.3, 0.4) is 0 Å². The largest absolute Gasteiger partial charge is 0.756 e. The van der Waals surface area contributed by atoms with Gasteiger partial charge in [-0.3, -0.25) is 14.2 Å². The molecule has 0 saturated heterocycles. The number of quaternary nitrogens is 1. The van der Waals surface area contributed by atoms with Crippen LogP contribution in [0.4, 0.5) is 0 Å². The number of carbonyl (C=O) groups is 2. The van der Waals surface area contributed by atoms with Crippen molar-refractivity contribution in [3.63, 3.8) is 0 Å². The summed E-state index contributed by atoms with van der Waals surface area (Å²) in [5.41, 5.74) is 0. The molecule has 0 fully saturated rings. The van der Waals surface area contributed by atoms with Gasteiger partial charge in [-0.05, 0) is 64.2 Å². The van der Waals surface area contributed by atoms with Crippen LogP contribution in [0.25, 0.3) is 0 Å². The Labute approximate surface area is 342 Å². The summed E-state index contributed by atoms with van der Waals surface area (Å²) in [6.07, 6.45) is 30.8. The molecule has 0 amide bonds. The van der Waals surface area contributed by atoms with Gasteiger partial charge in [0, 0.05) is 12.8 Å². The molecule has 0 aromatic carbocycles. The third-order valence-corrected chi connectivity index (χ3v) is 10.6. The maximum Gasteiger partial charge on any atom is 0.306 e. The Morgan fingerprint density at radius 1 is 0.625 bits per heavy atom. The van der Waals surface area contributed by atoms with E-state index in [9.17, 15) is 29.3 Å². The molecule has 11 nitrogen and oxygen atoms in total. The Hall–Kier alpha value is -1.59. The van der Waals surface area contributed by atoms with Crippen LogP contribution in [0.15, 0.2) is 24.3 Å². The van der Waals surface area contributed by atoms with Crippen LogP contribution in [-0.2, 0) is 32.7 Å². The molecular weight excluding hydrogens is 733 g/mol. The molecule has 0 heterocycles. The number of allylic oxidation sites excluding steroid dienone is 3. The summed E-state index contributed by atoms with van der Waals surface area (Å²) in [5, 5.41) is 20.5. The van der Waals surface area contributed by atoms with E-state index in [-0.39, 0.29) is 26.1 Å². The lowest BCUT2D eigenvalue weighted by Gasteiger charge is -2.28. The molecule has 0 saturated carbocycles. The Bertz CT molecular complexity index is 1050. The number of phosphoric acid groups is 1. The van der Waals surface area contributed by atoms with Crippen molar-refractivity contribution in [3.05, 3.63) is 24.3 Å². The van der Waals surface area contributed by atoms with Crippen molar-refractivity contribution in [1.29, 1.82) is 0 Å². The number of rotatable bonds is 40. The molecule has 0 radical (unpaired) electrons. The second-order valence-corrected chi connectivity index (χ2v) is 17.8. The number of hydrogen-bond acceptors (Lipinski definition) is 10. The van der Waals surface area contributed by atoms with Gasteiger partial charge in [0.2, 0.25) is 0 Å². The van der Waals surface area contributed by atoms with Gasteiger partial charge in [0.25, 0.3) is 7.82 Å². The first-order valence-electron chi connectivity index (χ1n) is 22.2. The van der Waals surface area contributed by atoms with Gasteiger partial charge in [0.1, 0.15) is 19.8 Å². The third-order valence-electron chi connectivity index (χ3n) is 9.64. The number of aliphatic hydroxyl groups is 2. The number of ether oxygens (including phenoxy) is 2. The van der Waals surface area contributed by atoms with Gasteiger partial charge in [-0.15, -0.1) is 0 Å². The van der Waals surface area contributed by atoms with E-state index in [1.54, 1.807) is 0 Å². The highest BCUT2D eigenvalue weighted by atomic mass is 31.2. The predicted molar refractivity (Wildman–Crippen MR) is 225 cm³/mol. The van der Waals surface area contributed by atoms with Crippen LogP contribution < -0.4 is 4.89 Å². The zero-order valence-electron chi connectivity index (χ0n) is 36.3. The molecule has 0 rings (SSSR count). The summed E-state index contributed by atoms with van der Waals surface area (Å²) in [7, 11) is 1.07. The van der Waals surface area contributed by atoms with Gasteiger partial charge in [-0.25, -0.2) is 0 Å². The van der Waals surface area contributed by atoms with E-state index in [1.807, 2.05) is 27.2 Å². The number of esters is 2. The zero-order chi connectivity index (χ0) is 41.8. The summed E-state index contributed by atoms with van der Waals surface area (Å²) in [4.78, 5) is 37.5. The molecule has 1 unspecified atom stereocenters. The van der Waals surface area contributed by atoms with Crippen molar-refractivity contribution < 1.29 is 52.3 Å². The maximum absolute atomic E-state index is 12.7. The molecule has 330 valence electrons. The van der Waals surface area contributed by atoms with Gasteiger partial charge in [-0.1, -0.05) is 128 Å². The predicted octanol–water partition coefficient (Wildman–Crippen LogP) is 9.67. The van der Waals surface area contributed by atoms with E-state index < -0.39 is 44.7 Å². The summed E-state index contributed by atoms with van der Waals surface area (Å²) in [6, 6.07) is 0. The lowest BCUT2D eigenvalue weighted by atomic mass is 10.0. The van der Waals surface area contributed by atoms with Crippen molar-refractivity contribution in [2.75, 3.05) is 47.5 Å².